The number of hydrogen-bond donors (Lipinski definition) is 0. The average molecular weight is 491 g/mol. The Labute approximate surface area is 196 Å². The molecule has 2 rings (SSSR count). The van der Waals surface area contributed by atoms with E-state index in [4.69, 9.17) is 27.9 Å². The lowest BCUT2D eigenvalue weighted by atomic mass is 10.0. The fourth-order valence-electron chi connectivity index (χ4n) is 3.33. The van der Waals surface area contributed by atoms with E-state index in [1.54, 1.807) is 13.8 Å². The number of nitrogens with zero attached hydrogens (tertiary/aromatic N) is 2. The number of rotatable bonds is 8. The normalized spacial score (nSPS) is 15.6. The van der Waals surface area contributed by atoms with Gasteiger partial charge < -0.3 is 9.64 Å². The molecule has 0 amide bonds. The van der Waals surface area contributed by atoms with Crippen LogP contribution in [0.1, 0.15) is 44.2 Å². The summed E-state index contributed by atoms with van der Waals surface area (Å²) in [6, 6.07) is 6.30. The first-order chi connectivity index (χ1) is 14.6. The number of halogens is 2. The fraction of sp³-hybridized carbons (Fsp3) is 0.500. The highest BCUT2D eigenvalue weighted by atomic mass is 35.5. The lowest BCUT2D eigenvalue weighted by molar-refractivity contribution is -0.129. The summed E-state index contributed by atoms with van der Waals surface area (Å²) < 4.78 is 31.4. The molecule has 0 bridgehead atoms. The van der Waals surface area contributed by atoms with Crippen LogP contribution in [-0.4, -0.2) is 45.4 Å². The Kier molecular flexibility index (Phi) is 11.6. The molecule has 0 saturated carbocycles. The minimum atomic E-state index is -3.39. The molecular weight excluding hydrogens is 459 g/mol. The maximum Gasteiger partial charge on any atom is 0.293 e. The first kappa shape index (κ1) is 27.5. The van der Waals surface area contributed by atoms with Crippen LogP contribution in [-0.2, 0) is 26.2 Å². The quantitative estimate of drug-likeness (QED) is 0.471. The molecule has 9 heteroatoms. The molecule has 1 saturated heterocycles. The zero-order valence-corrected chi connectivity index (χ0v) is 20.9. The van der Waals surface area contributed by atoms with E-state index in [-0.39, 0.29) is 17.6 Å². The van der Waals surface area contributed by atoms with E-state index < -0.39 is 10.0 Å². The van der Waals surface area contributed by atoms with Crippen LogP contribution in [0.4, 0.5) is 5.69 Å². The molecule has 1 fully saturated rings. The maximum atomic E-state index is 12.4. The molecule has 1 aromatic carbocycles. The number of benzene rings is 1. The molecule has 0 unspecified atom stereocenters. The molecule has 0 aliphatic carbocycles. The standard InChI is InChI=1S/C19H28N2O4S.C3H4Cl2/c1-5-16(3)26(23,24)21-10-8-18(9-11-21)20(4)19-7-6-15(2)12-17(19)13-25-14-22;1-3(5)2-4/h6-7,12,14,18H,3,5,8-11,13H2,1-2,4H3;2H,1H3/b;3-2-. The Morgan fingerprint density at radius 2 is 1.94 bits per heavy atom. The monoisotopic (exact) mass is 490 g/mol. The summed E-state index contributed by atoms with van der Waals surface area (Å²) in [6.45, 7) is 10.9. The molecule has 0 radical (unpaired) electrons. The zero-order valence-electron chi connectivity index (χ0n) is 18.6. The van der Waals surface area contributed by atoms with Crippen LogP contribution >= 0.6 is 23.2 Å². The van der Waals surface area contributed by atoms with E-state index in [2.05, 4.69) is 11.5 Å². The molecule has 0 atom stereocenters. The van der Waals surface area contributed by atoms with Gasteiger partial charge in [-0.25, -0.2) is 8.42 Å². The summed E-state index contributed by atoms with van der Waals surface area (Å²) in [5, 5.41) is 0.617. The van der Waals surface area contributed by atoms with Crippen molar-refractivity contribution in [3.05, 3.63) is 51.4 Å². The number of aryl methyl sites for hydroxylation is 1. The molecule has 31 heavy (non-hydrogen) atoms. The highest BCUT2D eigenvalue weighted by molar-refractivity contribution is 7.93. The summed E-state index contributed by atoms with van der Waals surface area (Å²) in [7, 11) is -1.38. The summed E-state index contributed by atoms with van der Waals surface area (Å²) >= 11 is 10.2. The van der Waals surface area contributed by atoms with E-state index in [1.807, 2.05) is 32.2 Å². The second-order valence-electron chi connectivity index (χ2n) is 7.37. The third kappa shape index (κ3) is 8.15. The van der Waals surface area contributed by atoms with Crippen LogP contribution in [0.3, 0.4) is 0 Å². The van der Waals surface area contributed by atoms with Crippen molar-refractivity contribution < 1.29 is 17.9 Å². The van der Waals surface area contributed by atoms with E-state index >= 15 is 0 Å². The van der Waals surface area contributed by atoms with Crippen molar-refractivity contribution in [1.82, 2.24) is 4.31 Å². The molecule has 1 aromatic rings. The molecule has 1 heterocycles. The van der Waals surface area contributed by atoms with Gasteiger partial charge in [0.15, 0.2) is 0 Å². The van der Waals surface area contributed by atoms with Crippen LogP contribution in [0.25, 0.3) is 0 Å². The Hall–Kier alpha value is -1.54. The van der Waals surface area contributed by atoms with Crippen molar-refractivity contribution in [2.75, 3.05) is 25.0 Å². The number of allylic oxidation sites excluding steroid dienone is 2. The molecule has 0 spiro atoms. The van der Waals surface area contributed by atoms with Crippen molar-refractivity contribution in [1.29, 1.82) is 0 Å². The second kappa shape index (κ2) is 13.1. The molecular formula is C22H32Cl2N2O4S. The summed E-state index contributed by atoms with van der Waals surface area (Å²) in [4.78, 5) is 13.0. The van der Waals surface area contributed by atoms with Crippen molar-refractivity contribution in [3.63, 3.8) is 0 Å². The van der Waals surface area contributed by atoms with Gasteiger partial charge in [0.1, 0.15) is 6.61 Å². The number of sulfonamides is 1. The van der Waals surface area contributed by atoms with Crippen molar-refractivity contribution in [3.8, 4) is 0 Å². The number of piperidine rings is 1. The van der Waals surface area contributed by atoms with Crippen LogP contribution < -0.4 is 4.90 Å². The number of carbonyl (C=O) groups excluding carboxylic acids is 1. The Morgan fingerprint density at radius 1 is 1.35 bits per heavy atom. The summed E-state index contributed by atoms with van der Waals surface area (Å²) in [5.41, 5.74) is 4.39. The molecule has 174 valence electrons. The maximum absolute atomic E-state index is 12.4. The number of hydrogen-bond acceptors (Lipinski definition) is 5. The summed E-state index contributed by atoms with van der Waals surface area (Å²) in [5.74, 6) is 0. The first-order valence-corrected chi connectivity index (χ1v) is 12.3. The summed E-state index contributed by atoms with van der Waals surface area (Å²) in [6.07, 6.45) is 1.93. The van der Waals surface area contributed by atoms with Crippen molar-refractivity contribution >= 4 is 45.4 Å². The highest BCUT2D eigenvalue weighted by Gasteiger charge is 2.31. The lowest BCUT2D eigenvalue weighted by Crippen LogP contribution is -2.46. The smallest absolute Gasteiger partial charge is 0.293 e. The fourth-order valence-corrected chi connectivity index (χ4v) is 4.75. The van der Waals surface area contributed by atoms with Crippen LogP contribution in [0.2, 0.25) is 0 Å². The van der Waals surface area contributed by atoms with Gasteiger partial charge in [-0.05, 0) is 39.2 Å². The average Bonchev–Trinajstić information content (AvgIpc) is 2.77. The zero-order chi connectivity index (χ0) is 23.6. The third-order valence-electron chi connectivity index (χ3n) is 5.14. The van der Waals surface area contributed by atoms with Crippen molar-refractivity contribution in [2.45, 2.75) is 52.7 Å². The van der Waals surface area contributed by atoms with Gasteiger partial charge in [0.25, 0.3) is 6.47 Å². The van der Waals surface area contributed by atoms with E-state index in [9.17, 15) is 13.2 Å². The third-order valence-corrected chi connectivity index (χ3v) is 7.75. The van der Waals surface area contributed by atoms with Gasteiger partial charge in [-0.15, -0.1) is 0 Å². The van der Waals surface area contributed by atoms with Gasteiger partial charge >= 0.3 is 0 Å². The van der Waals surface area contributed by atoms with E-state index in [0.717, 1.165) is 29.7 Å². The largest absolute Gasteiger partial charge is 0.463 e. The number of anilines is 1. The Bertz CT molecular complexity index is 875. The SMILES string of the molecule is C/C(Cl)=C/Cl.C=C(CC)S(=O)(=O)N1CCC(N(C)c2ccc(C)cc2COC=O)CC1. The number of ether oxygens (including phenoxy) is 1. The number of carbonyl (C=O) groups is 1. The highest BCUT2D eigenvalue weighted by Crippen LogP contribution is 2.28. The van der Waals surface area contributed by atoms with Crippen LogP contribution in [0.5, 0.6) is 0 Å². The first-order valence-electron chi connectivity index (χ1n) is 10.1. The van der Waals surface area contributed by atoms with Crippen molar-refractivity contribution in [2.24, 2.45) is 0 Å². The van der Waals surface area contributed by atoms with Gasteiger partial charge in [0.2, 0.25) is 10.0 Å². The predicted molar refractivity (Wildman–Crippen MR) is 129 cm³/mol. The topological polar surface area (TPSA) is 66.9 Å². The van der Waals surface area contributed by atoms with Gasteiger partial charge in [0, 0.05) is 48.0 Å². The lowest BCUT2D eigenvalue weighted by Gasteiger charge is -2.38. The Morgan fingerprint density at radius 3 is 2.42 bits per heavy atom. The minimum absolute atomic E-state index is 0.231. The van der Waals surface area contributed by atoms with Crippen LogP contribution in [0.15, 0.2) is 40.3 Å². The van der Waals surface area contributed by atoms with Gasteiger partial charge in [-0.1, -0.05) is 54.4 Å². The Balaban J connectivity index is 0.000000861. The van der Waals surface area contributed by atoms with E-state index in [0.29, 0.717) is 31.0 Å². The van der Waals surface area contributed by atoms with Gasteiger partial charge in [-0.3, -0.25) is 4.79 Å². The molecule has 6 nitrogen and oxygen atoms in total. The molecule has 0 N–H and O–H groups in total. The minimum Gasteiger partial charge on any atom is -0.463 e. The molecule has 0 aromatic heterocycles. The second-order valence-corrected chi connectivity index (χ2v) is 10.2. The van der Waals surface area contributed by atoms with Gasteiger partial charge in [0.05, 0.1) is 4.91 Å². The van der Waals surface area contributed by atoms with Gasteiger partial charge in [-0.2, -0.15) is 4.31 Å². The molecule has 1 aliphatic rings. The molecule has 1 aliphatic heterocycles. The van der Waals surface area contributed by atoms with E-state index in [1.165, 1.54) is 9.84 Å². The predicted octanol–water partition coefficient (Wildman–Crippen LogP) is 5.15. The van der Waals surface area contributed by atoms with Crippen LogP contribution in [0, 0.1) is 6.92 Å².